The molecule has 1 amide bonds. The molecule has 0 aliphatic heterocycles. The summed E-state index contributed by atoms with van der Waals surface area (Å²) in [6.45, 7) is 6.07. The number of nitrogens with zero attached hydrogens (tertiary/aromatic N) is 1. The fraction of sp³-hybridized carbons (Fsp3) is 0.292. The summed E-state index contributed by atoms with van der Waals surface area (Å²) in [5.74, 6) is 0.0959. The van der Waals surface area contributed by atoms with Crippen LogP contribution in [-0.4, -0.2) is 29.5 Å². The summed E-state index contributed by atoms with van der Waals surface area (Å²) in [6.07, 6.45) is 1.46. The summed E-state index contributed by atoms with van der Waals surface area (Å²) in [6, 6.07) is 15.4. The maximum atomic E-state index is 12.6. The average molecular weight is 422 g/mol. The van der Waals surface area contributed by atoms with E-state index in [1.165, 1.54) is 6.26 Å². The van der Waals surface area contributed by atoms with Gasteiger partial charge in [-0.25, -0.2) is 9.78 Å². The van der Waals surface area contributed by atoms with Gasteiger partial charge in [-0.1, -0.05) is 32.0 Å². The minimum atomic E-state index is -0.792. The molecule has 0 spiro atoms. The monoisotopic (exact) mass is 422 g/mol. The van der Waals surface area contributed by atoms with Crippen LogP contribution >= 0.6 is 0 Å². The van der Waals surface area contributed by atoms with Crippen molar-refractivity contribution in [1.29, 1.82) is 0 Å². The minimum absolute atomic E-state index is 0.0443. The third-order valence-corrected chi connectivity index (χ3v) is 4.57. The van der Waals surface area contributed by atoms with E-state index in [1.807, 2.05) is 51.1 Å². The van der Waals surface area contributed by atoms with Crippen molar-refractivity contribution in [1.82, 2.24) is 10.3 Å². The van der Waals surface area contributed by atoms with Crippen molar-refractivity contribution >= 4 is 11.9 Å². The number of aromatic nitrogens is 1. The lowest BCUT2D eigenvalue weighted by Crippen LogP contribution is -2.45. The molecule has 7 heteroatoms. The van der Waals surface area contributed by atoms with E-state index in [0.29, 0.717) is 29.5 Å². The lowest BCUT2D eigenvalue weighted by molar-refractivity contribution is -0.148. The van der Waals surface area contributed by atoms with Crippen molar-refractivity contribution in [3.63, 3.8) is 0 Å². The zero-order chi connectivity index (χ0) is 22.2. The maximum absolute atomic E-state index is 12.6. The van der Waals surface area contributed by atoms with Crippen LogP contribution in [0.3, 0.4) is 0 Å². The van der Waals surface area contributed by atoms with Crippen molar-refractivity contribution in [3.05, 3.63) is 72.1 Å². The van der Waals surface area contributed by atoms with Crippen LogP contribution in [0.5, 0.6) is 5.75 Å². The summed E-state index contributed by atoms with van der Waals surface area (Å²) in [4.78, 5) is 29.6. The molecule has 2 aromatic carbocycles. The lowest BCUT2D eigenvalue weighted by Gasteiger charge is -2.20. The summed E-state index contributed by atoms with van der Waals surface area (Å²) in [7, 11) is 0. The molecule has 0 bridgehead atoms. The van der Waals surface area contributed by atoms with Gasteiger partial charge in [0.05, 0.1) is 6.61 Å². The van der Waals surface area contributed by atoms with Crippen LogP contribution in [0.4, 0.5) is 0 Å². The van der Waals surface area contributed by atoms with Gasteiger partial charge in [0.1, 0.15) is 30.4 Å². The van der Waals surface area contributed by atoms with Gasteiger partial charge in [-0.3, -0.25) is 4.79 Å². The van der Waals surface area contributed by atoms with Crippen molar-refractivity contribution < 1.29 is 23.5 Å². The fourth-order valence-corrected chi connectivity index (χ4v) is 2.91. The number of benzene rings is 2. The van der Waals surface area contributed by atoms with Gasteiger partial charge in [-0.05, 0) is 49.2 Å². The Morgan fingerprint density at radius 2 is 1.77 bits per heavy atom. The van der Waals surface area contributed by atoms with E-state index in [-0.39, 0.29) is 18.4 Å². The van der Waals surface area contributed by atoms with Crippen molar-refractivity contribution in [3.8, 4) is 17.2 Å². The molecule has 3 aromatic rings. The highest BCUT2D eigenvalue weighted by Crippen LogP contribution is 2.19. The quantitative estimate of drug-likeness (QED) is 0.519. The molecule has 1 atom stereocenters. The number of hydrogen-bond donors (Lipinski definition) is 1. The molecule has 1 aromatic heterocycles. The molecule has 0 radical (unpaired) electrons. The van der Waals surface area contributed by atoms with E-state index in [9.17, 15) is 9.59 Å². The largest absolute Gasteiger partial charge is 0.494 e. The van der Waals surface area contributed by atoms with E-state index < -0.39 is 12.0 Å². The fourth-order valence-electron chi connectivity index (χ4n) is 2.91. The topological polar surface area (TPSA) is 90.7 Å². The molecule has 162 valence electrons. The first kappa shape index (κ1) is 22.1. The number of carbonyl (C=O) groups is 2. The summed E-state index contributed by atoms with van der Waals surface area (Å²) in [5.41, 5.74) is 1.77. The summed E-state index contributed by atoms with van der Waals surface area (Å²) >= 11 is 0. The van der Waals surface area contributed by atoms with Gasteiger partial charge < -0.3 is 19.2 Å². The Balaban J connectivity index is 1.59. The van der Waals surface area contributed by atoms with Gasteiger partial charge in [-0.15, -0.1) is 0 Å². The molecule has 0 saturated heterocycles. The predicted molar refractivity (Wildman–Crippen MR) is 115 cm³/mol. The second-order valence-electron chi connectivity index (χ2n) is 7.27. The minimum Gasteiger partial charge on any atom is -0.494 e. The third kappa shape index (κ3) is 5.94. The molecule has 1 N–H and O–H groups in total. The van der Waals surface area contributed by atoms with Crippen LogP contribution < -0.4 is 10.1 Å². The van der Waals surface area contributed by atoms with E-state index in [2.05, 4.69) is 10.3 Å². The van der Waals surface area contributed by atoms with Crippen LogP contribution in [-0.2, 0) is 16.1 Å². The van der Waals surface area contributed by atoms with E-state index in [4.69, 9.17) is 13.9 Å². The molecular formula is C24H26N2O5. The number of carbonyl (C=O) groups excluding carboxylic acids is 2. The Labute approximate surface area is 181 Å². The SMILES string of the molecule is CCOc1ccc(C(=O)N[C@H](C(=O)OCc2coc(-c3ccccc3)n2)C(C)C)cc1. The van der Waals surface area contributed by atoms with Crippen LogP contribution in [0.25, 0.3) is 11.5 Å². The summed E-state index contributed by atoms with van der Waals surface area (Å²) in [5, 5.41) is 2.75. The van der Waals surface area contributed by atoms with Gasteiger partial charge in [0.15, 0.2) is 0 Å². The van der Waals surface area contributed by atoms with E-state index >= 15 is 0 Å². The highest BCUT2D eigenvalue weighted by Gasteiger charge is 2.26. The van der Waals surface area contributed by atoms with Crippen molar-refractivity contribution in [2.75, 3.05) is 6.61 Å². The Hall–Kier alpha value is -3.61. The Bertz CT molecular complexity index is 996. The van der Waals surface area contributed by atoms with Gasteiger partial charge in [0.2, 0.25) is 5.89 Å². The zero-order valence-corrected chi connectivity index (χ0v) is 17.8. The van der Waals surface area contributed by atoms with E-state index in [0.717, 1.165) is 5.56 Å². The van der Waals surface area contributed by atoms with Gasteiger partial charge in [0.25, 0.3) is 5.91 Å². The molecule has 0 aliphatic rings. The van der Waals surface area contributed by atoms with Crippen LogP contribution in [0.1, 0.15) is 36.8 Å². The first-order chi connectivity index (χ1) is 15.0. The van der Waals surface area contributed by atoms with E-state index in [1.54, 1.807) is 24.3 Å². The number of hydrogen-bond acceptors (Lipinski definition) is 6. The van der Waals surface area contributed by atoms with Crippen LogP contribution in [0.15, 0.2) is 65.3 Å². The Kier molecular flexibility index (Phi) is 7.43. The third-order valence-electron chi connectivity index (χ3n) is 4.57. The molecule has 0 unspecified atom stereocenters. The maximum Gasteiger partial charge on any atom is 0.329 e. The highest BCUT2D eigenvalue weighted by atomic mass is 16.5. The Morgan fingerprint density at radius 3 is 2.42 bits per heavy atom. The molecule has 1 heterocycles. The number of oxazole rings is 1. The zero-order valence-electron chi connectivity index (χ0n) is 17.8. The number of nitrogens with one attached hydrogen (secondary N) is 1. The van der Waals surface area contributed by atoms with Crippen molar-refractivity contribution in [2.24, 2.45) is 5.92 Å². The summed E-state index contributed by atoms with van der Waals surface area (Å²) < 4.78 is 16.2. The molecule has 0 fully saturated rings. The number of esters is 1. The van der Waals surface area contributed by atoms with Crippen LogP contribution in [0, 0.1) is 5.92 Å². The molecule has 0 aliphatic carbocycles. The van der Waals surface area contributed by atoms with Gasteiger partial charge in [0, 0.05) is 11.1 Å². The second-order valence-corrected chi connectivity index (χ2v) is 7.27. The predicted octanol–water partition coefficient (Wildman–Crippen LogP) is 4.24. The normalized spacial score (nSPS) is 11.7. The van der Waals surface area contributed by atoms with Crippen molar-refractivity contribution in [2.45, 2.75) is 33.4 Å². The number of rotatable bonds is 9. The standard InChI is InChI=1S/C24H26N2O5/c1-4-29-20-12-10-17(11-13-20)22(27)26-21(16(2)3)24(28)31-15-19-14-30-23(25-19)18-8-6-5-7-9-18/h5-14,16,21H,4,15H2,1-3H3,(H,26,27)/t21-/m0/s1. The first-order valence-electron chi connectivity index (χ1n) is 10.2. The average Bonchev–Trinajstić information content (AvgIpc) is 3.26. The Morgan fingerprint density at radius 1 is 1.06 bits per heavy atom. The number of amides is 1. The first-order valence-corrected chi connectivity index (χ1v) is 10.2. The molecular weight excluding hydrogens is 396 g/mol. The molecule has 3 rings (SSSR count). The molecule has 0 saturated carbocycles. The molecule has 7 nitrogen and oxygen atoms in total. The van der Waals surface area contributed by atoms with Crippen LogP contribution in [0.2, 0.25) is 0 Å². The second kappa shape index (κ2) is 10.4. The molecule has 31 heavy (non-hydrogen) atoms. The van der Waals surface area contributed by atoms with Gasteiger partial charge in [-0.2, -0.15) is 0 Å². The smallest absolute Gasteiger partial charge is 0.329 e. The lowest BCUT2D eigenvalue weighted by atomic mass is 10.0. The number of ether oxygens (including phenoxy) is 2. The van der Waals surface area contributed by atoms with Gasteiger partial charge >= 0.3 is 5.97 Å². The highest BCUT2D eigenvalue weighted by molar-refractivity contribution is 5.96.